The van der Waals surface area contributed by atoms with E-state index in [1.54, 1.807) is 11.9 Å². The third kappa shape index (κ3) is 3.14. The smallest absolute Gasteiger partial charge is 0.326 e. The van der Waals surface area contributed by atoms with Crippen LogP contribution in [0.25, 0.3) is 0 Å². The number of fused-ring (bicyclic) bond motifs is 1. The van der Waals surface area contributed by atoms with E-state index in [1.807, 2.05) is 6.92 Å². The Morgan fingerprint density at radius 3 is 2.50 bits per heavy atom. The standard InChI is InChI=1S/C17H27N3O5S/c1-17(5-6-17)18-26(23,24)12-3-4-14-13(7-12)15(21)20(16(22)19(14)2)8-11-9-25-10-11/h11-14,18H,3-10H2,1-2H3. The molecule has 4 aliphatic rings. The quantitative estimate of drug-likeness (QED) is 0.745. The molecule has 3 unspecified atom stereocenters. The highest BCUT2D eigenvalue weighted by molar-refractivity contribution is 7.90. The molecule has 2 aliphatic carbocycles. The molecule has 0 aromatic carbocycles. The van der Waals surface area contributed by atoms with E-state index in [0.29, 0.717) is 32.6 Å². The van der Waals surface area contributed by atoms with E-state index in [4.69, 9.17) is 4.74 Å². The lowest BCUT2D eigenvalue weighted by Crippen LogP contribution is -2.64. The number of carbonyl (C=O) groups is 2. The number of urea groups is 1. The highest BCUT2D eigenvalue weighted by atomic mass is 32.2. The van der Waals surface area contributed by atoms with Gasteiger partial charge in [-0.15, -0.1) is 0 Å². The molecule has 2 heterocycles. The van der Waals surface area contributed by atoms with Gasteiger partial charge in [-0.25, -0.2) is 17.9 Å². The summed E-state index contributed by atoms with van der Waals surface area (Å²) in [6.45, 7) is 3.40. The molecular formula is C17H27N3O5S. The van der Waals surface area contributed by atoms with Crippen molar-refractivity contribution in [2.75, 3.05) is 26.8 Å². The van der Waals surface area contributed by atoms with Crippen LogP contribution in [0.2, 0.25) is 0 Å². The van der Waals surface area contributed by atoms with Crippen LogP contribution in [-0.4, -0.2) is 73.8 Å². The van der Waals surface area contributed by atoms with Gasteiger partial charge >= 0.3 is 6.03 Å². The van der Waals surface area contributed by atoms with Crippen LogP contribution >= 0.6 is 0 Å². The van der Waals surface area contributed by atoms with Crippen LogP contribution in [0, 0.1) is 11.8 Å². The number of amides is 3. The van der Waals surface area contributed by atoms with Crippen LogP contribution < -0.4 is 4.72 Å². The number of hydrogen-bond acceptors (Lipinski definition) is 5. The SMILES string of the molecule is CN1C(=O)N(CC2COC2)C(=O)C2CC(S(=O)(=O)NC3(C)CC3)CCC21. The maximum absolute atomic E-state index is 13.0. The van der Waals surface area contributed by atoms with Crippen molar-refractivity contribution in [2.45, 2.75) is 55.9 Å². The second-order valence-electron chi connectivity index (χ2n) is 8.56. The summed E-state index contributed by atoms with van der Waals surface area (Å²) in [6, 6.07) is -0.472. The summed E-state index contributed by atoms with van der Waals surface area (Å²) < 4.78 is 33.5. The Hall–Kier alpha value is -1.19. The number of ether oxygens (including phenoxy) is 1. The van der Waals surface area contributed by atoms with Gasteiger partial charge in [0, 0.05) is 31.1 Å². The Labute approximate surface area is 154 Å². The summed E-state index contributed by atoms with van der Waals surface area (Å²) >= 11 is 0. The van der Waals surface area contributed by atoms with Crippen LogP contribution in [0.5, 0.6) is 0 Å². The van der Waals surface area contributed by atoms with Crippen molar-refractivity contribution in [2.24, 2.45) is 11.8 Å². The molecule has 146 valence electrons. The molecule has 3 atom stereocenters. The van der Waals surface area contributed by atoms with Gasteiger partial charge in [0.1, 0.15) is 0 Å². The van der Waals surface area contributed by atoms with E-state index in [2.05, 4.69) is 4.72 Å². The highest BCUT2D eigenvalue weighted by Gasteiger charge is 2.51. The number of imide groups is 1. The molecule has 3 amide bonds. The Morgan fingerprint density at radius 2 is 1.92 bits per heavy atom. The molecule has 4 fully saturated rings. The Morgan fingerprint density at radius 1 is 1.23 bits per heavy atom. The van der Waals surface area contributed by atoms with E-state index >= 15 is 0 Å². The van der Waals surface area contributed by atoms with Crippen molar-refractivity contribution < 1.29 is 22.7 Å². The predicted molar refractivity (Wildman–Crippen MR) is 93.8 cm³/mol. The lowest BCUT2D eigenvalue weighted by Gasteiger charge is -2.47. The first kappa shape index (κ1) is 18.2. The van der Waals surface area contributed by atoms with Crippen molar-refractivity contribution in [3.8, 4) is 0 Å². The predicted octanol–water partition coefficient (Wildman–Crippen LogP) is 0.536. The van der Waals surface area contributed by atoms with Crippen molar-refractivity contribution >= 4 is 22.0 Å². The molecule has 2 saturated heterocycles. The van der Waals surface area contributed by atoms with Crippen molar-refractivity contribution in [3.63, 3.8) is 0 Å². The number of rotatable bonds is 5. The zero-order chi connectivity index (χ0) is 18.7. The van der Waals surface area contributed by atoms with E-state index in [1.165, 1.54) is 4.90 Å². The van der Waals surface area contributed by atoms with Crippen molar-refractivity contribution in [1.29, 1.82) is 0 Å². The van der Waals surface area contributed by atoms with Gasteiger partial charge in [-0.1, -0.05) is 0 Å². The number of hydrogen-bond donors (Lipinski definition) is 1. The highest BCUT2D eigenvalue weighted by Crippen LogP contribution is 2.39. The Bertz CT molecular complexity index is 716. The molecule has 4 rings (SSSR count). The van der Waals surface area contributed by atoms with Gasteiger partial charge in [0.2, 0.25) is 15.9 Å². The molecule has 2 aliphatic heterocycles. The first-order valence-electron chi connectivity index (χ1n) is 9.39. The fourth-order valence-corrected chi connectivity index (χ4v) is 6.25. The second kappa shape index (κ2) is 6.17. The molecule has 0 bridgehead atoms. The maximum Gasteiger partial charge on any atom is 0.326 e. The van der Waals surface area contributed by atoms with Gasteiger partial charge in [0.05, 0.1) is 24.4 Å². The number of sulfonamides is 1. The van der Waals surface area contributed by atoms with Crippen LogP contribution in [0.3, 0.4) is 0 Å². The van der Waals surface area contributed by atoms with E-state index in [-0.39, 0.29) is 35.9 Å². The number of nitrogens with zero attached hydrogens (tertiary/aromatic N) is 2. The average molecular weight is 385 g/mol. The van der Waals surface area contributed by atoms with E-state index in [0.717, 1.165) is 12.8 Å². The minimum absolute atomic E-state index is 0.187. The first-order chi connectivity index (χ1) is 12.2. The van der Waals surface area contributed by atoms with Crippen molar-refractivity contribution in [3.05, 3.63) is 0 Å². The largest absolute Gasteiger partial charge is 0.381 e. The average Bonchev–Trinajstić information content (AvgIpc) is 3.26. The molecule has 0 radical (unpaired) electrons. The third-order valence-electron chi connectivity index (χ3n) is 6.35. The molecule has 0 spiro atoms. The zero-order valence-corrected chi connectivity index (χ0v) is 16.1. The van der Waals surface area contributed by atoms with Gasteiger partial charge < -0.3 is 9.64 Å². The fourth-order valence-electron chi connectivity index (χ4n) is 4.29. The topological polar surface area (TPSA) is 96.0 Å². The van der Waals surface area contributed by atoms with Gasteiger partial charge in [0.15, 0.2) is 0 Å². The van der Waals surface area contributed by atoms with Gasteiger partial charge in [-0.05, 0) is 39.0 Å². The van der Waals surface area contributed by atoms with Crippen molar-refractivity contribution in [1.82, 2.24) is 14.5 Å². The normalized spacial score (nSPS) is 34.5. The lowest BCUT2D eigenvalue weighted by atomic mass is 9.81. The lowest BCUT2D eigenvalue weighted by molar-refractivity contribution is -0.143. The minimum Gasteiger partial charge on any atom is -0.381 e. The monoisotopic (exact) mass is 385 g/mol. The molecule has 0 aromatic rings. The Kier molecular flexibility index (Phi) is 4.32. The van der Waals surface area contributed by atoms with E-state index in [9.17, 15) is 18.0 Å². The Balaban J connectivity index is 1.50. The van der Waals surface area contributed by atoms with Gasteiger partial charge in [-0.3, -0.25) is 9.69 Å². The summed E-state index contributed by atoms with van der Waals surface area (Å²) in [5.74, 6) is -0.476. The van der Waals surface area contributed by atoms with Crippen LogP contribution in [0.4, 0.5) is 4.79 Å². The minimum atomic E-state index is -3.46. The van der Waals surface area contributed by atoms with Gasteiger partial charge in [-0.2, -0.15) is 0 Å². The summed E-state index contributed by atoms with van der Waals surface area (Å²) in [5, 5.41) is -0.569. The molecule has 1 N–H and O–H groups in total. The van der Waals surface area contributed by atoms with Crippen LogP contribution in [0.1, 0.15) is 39.0 Å². The van der Waals surface area contributed by atoms with Crippen LogP contribution in [-0.2, 0) is 19.6 Å². The van der Waals surface area contributed by atoms with Crippen LogP contribution in [0.15, 0.2) is 0 Å². The molecule has 8 nitrogen and oxygen atoms in total. The summed E-state index contributed by atoms with van der Waals surface area (Å²) in [6.07, 6.45) is 3.02. The molecule has 9 heteroatoms. The van der Waals surface area contributed by atoms with Gasteiger partial charge in [0.25, 0.3) is 0 Å². The fraction of sp³-hybridized carbons (Fsp3) is 0.882. The summed E-state index contributed by atoms with van der Waals surface area (Å²) in [7, 11) is -1.74. The number of carbonyl (C=O) groups excluding carboxylic acids is 2. The molecule has 26 heavy (non-hydrogen) atoms. The molecular weight excluding hydrogens is 358 g/mol. The first-order valence-corrected chi connectivity index (χ1v) is 10.9. The third-order valence-corrected chi connectivity index (χ3v) is 8.44. The number of nitrogens with one attached hydrogen (secondary N) is 1. The summed E-state index contributed by atoms with van der Waals surface area (Å²) in [5.41, 5.74) is -0.310. The summed E-state index contributed by atoms with van der Waals surface area (Å²) in [4.78, 5) is 28.5. The molecule has 2 saturated carbocycles. The zero-order valence-electron chi connectivity index (χ0n) is 15.3. The maximum atomic E-state index is 13.0. The second-order valence-corrected chi connectivity index (χ2v) is 10.5. The van der Waals surface area contributed by atoms with E-state index < -0.39 is 21.2 Å². The molecule has 0 aromatic heterocycles.